The Kier molecular flexibility index (Phi) is 4.91. The highest BCUT2D eigenvalue weighted by molar-refractivity contribution is 5.80. The van der Waals surface area contributed by atoms with Gasteiger partial charge < -0.3 is 10.0 Å². The van der Waals surface area contributed by atoms with Crippen LogP contribution in [0, 0.1) is 11.8 Å². The maximum absolute atomic E-state index is 12.5. The number of aromatic nitrogens is 1. The van der Waals surface area contributed by atoms with Crippen LogP contribution in [0.4, 0.5) is 0 Å². The molecule has 1 atom stereocenters. The Morgan fingerprint density at radius 3 is 2.48 bits per heavy atom. The number of hydrogen-bond acceptors (Lipinski definition) is 4. The number of carboxylic acids is 1. The van der Waals surface area contributed by atoms with Crippen LogP contribution in [-0.2, 0) is 16.1 Å². The SMILES string of the molecule is O=C(O)[C@H]1CCN(C(=O)C2CCN(Cc3ccccn3)CC2)C1. The van der Waals surface area contributed by atoms with Crippen LogP contribution in [0.5, 0.6) is 0 Å². The number of carboxylic acid groups (broad SMARTS) is 1. The predicted molar refractivity (Wildman–Crippen MR) is 84.6 cm³/mol. The lowest BCUT2D eigenvalue weighted by Crippen LogP contribution is -2.41. The van der Waals surface area contributed by atoms with Crippen molar-refractivity contribution in [2.45, 2.75) is 25.8 Å². The molecule has 1 N–H and O–H groups in total. The lowest BCUT2D eigenvalue weighted by atomic mass is 9.95. The molecular weight excluding hydrogens is 294 g/mol. The van der Waals surface area contributed by atoms with Crippen molar-refractivity contribution < 1.29 is 14.7 Å². The van der Waals surface area contributed by atoms with E-state index in [0.717, 1.165) is 38.2 Å². The molecule has 1 aromatic heterocycles. The van der Waals surface area contributed by atoms with Crippen molar-refractivity contribution in [3.8, 4) is 0 Å². The van der Waals surface area contributed by atoms with Gasteiger partial charge in [0.2, 0.25) is 5.91 Å². The zero-order valence-corrected chi connectivity index (χ0v) is 13.2. The van der Waals surface area contributed by atoms with Gasteiger partial charge in [-0.05, 0) is 44.5 Å². The lowest BCUT2D eigenvalue weighted by molar-refractivity contribution is -0.141. The van der Waals surface area contributed by atoms with Gasteiger partial charge in [-0.25, -0.2) is 0 Å². The summed E-state index contributed by atoms with van der Waals surface area (Å²) >= 11 is 0. The molecule has 0 bridgehead atoms. The van der Waals surface area contributed by atoms with Gasteiger partial charge in [0.1, 0.15) is 0 Å². The van der Waals surface area contributed by atoms with Crippen molar-refractivity contribution in [2.75, 3.05) is 26.2 Å². The molecule has 1 amide bonds. The Morgan fingerprint density at radius 2 is 1.87 bits per heavy atom. The lowest BCUT2D eigenvalue weighted by Gasteiger charge is -2.32. The first-order chi connectivity index (χ1) is 11.1. The Labute approximate surface area is 136 Å². The van der Waals surface area contributed by atoms with Crippen molar-refractivity contribution in [3.63, 3.8) is 0 Å². The van der Waals surface area contributed by atoms with Gasteiger partial charge in [-0.3, -0.25) is 19.5 Å². The molecule has 0 aromatic carbocycles. The molecular formula is C17H23N3O3. The molecule has 0 aliphatic carbocycles. The van der Waals surface area contributed by atoms with Crippen LogP contribution < -0.4 is 0 Å². The van der Waals surface area contributed by atoms with Crippen LogP contribution in [0.3, 0.4) is 0 Å². The van der Waals surface area contributed by atoms with Crippen LogP contribution in [0.1, 0.15) is 25.0 Å². The number of aliphatic carboxylic acids is 1. The molecule has 2 aliphatic heterocycles. The second-order valence-electron chi connectivity index (χ2n) is 6.48. The van der Waals surface area contributed by atoms with E-state index in [4.69, 9.17) is 5.11 Å². The third-order valence-corrected chi connectivity index (χ3v) is 4.90. The summed E-state index contributed by atoms with van der Waals surface area (Å²) in [4.78, 5) is 32.0. The van der Waals surface area contributed by atoms with Crippen LogP contribution in [0.2, 0.25) is 0 Å². The van der Waals surface area contributed by atoms with Crippen molar-refractivity contribution in [3.05, 3.63) is 30.1 Å². The van der Waals surface area contributed by atoms with E-state index in [1.807, 2.05) is 18.2 Å². The number of nitrogens with zero attached hydrogens (tertiary/aromatic N) is 3. The number of amides is 1. The third-order valence-electron chi connectivity index (χ3n) is 4.90. The largest absolute Gasteiger partial charge is 0.481 e. The van der Waals surface area contributed by atoms with E-state index in [1.54, 1.807) is 11.1 Å². The van der Waals surface area contributed by atoms with Gasteiger partial charge in [0.25, 0.3) is 0 Å². The van der Waals surface area contributed by atoms with Crippen molar-refractivity contribution in [1.82, 2.24) is 14.8 Å². The third kappa shape index (κ3) is 3.88. The minimum absolute atomic E-state index is 0.0440. The van der Waals surface area contributed by atoms with Gasteiger partial charge in [0.05, 0.1) is 11.6 Å². The standard InChI is InChI=1S/C17H23N3O3/c21-16(20-10-6-14(11-20)17(22)23)13-4-8-19(9-5-13)12-15-3-1-2-7-18-15/h1-3,7,13-14H,4-6,8-12H2,(H,22,23)/t14-/m0/s1. The van der Waals surface area contributed by atoms with E-state index >= 15 is 0 Å². The normalized spacial score (nSPS) is 23.1. The number of pyridine rings is 1. The zero-order chi connectivity index (χ0) is 16.2. The Balaban J connectivity index is 1.47. The number of carbonyl (C=O) groups excluding carboxylic acids is 1. The number of likely N-dealkylation sites (tertiary alicyclic amines) is 2. The molecule has 3 heterocycles. The summed E-state index contributed by atoms with van der Waals surface area (Å²) in [5, 5.41) is 9.05. The van der Waals surface area contributed by atoms with Crippen LogP contribution in [0.25, 0.3) is 0 Å². The molecule has 124 valence electrons. The molecule has 0 saturated carbocycles. The summed E-state index contributed by atoms with van der Waals surface area (Å²) in [5.41, 5.74) is 1.06. The summed E-state index contributed by atoms with van der Waals surface area (Å²) < 4.78 is 0. The topological polar surface area (TPSA) is 73.7 Å². The Hall–Kier alpha value is -1.95. The molecule has 23 heavy (non-hydrogen) atoms. The highest BCUT2D eigenvalue weighted by Crippen LogP contribution is 2.24. The molecule has 1 aromatic rings. The molecule has 2 fully saturated rings. The first-order valence-corrected chi connectivity index (χ1v) is 8.27. The summed E-state index contributed by atoms with van der Waals surface area (Å²) in [6.45, 7) is 3.57. The number of rotatable bonds is 4. The van der Waals surface area contributed by atoms with E-state index in [1.165, 1.54) is 0 Å². The second kappa shape index (κ2) is 7.08. The zero-order valence-electron chi connectivity index (χ0n) is 13.2. The Morgan fingerprint density at radius 1 is 1.13 bits per heavy atom. The summed E-state index contributed by atoms with van der Waals surface area (Å²) in [5.74, 6) is -0.984. The van der Waals surface area contributed by atoms with Gasteiger partial charge in [-0.2, -0.15) is 0 Å². The van der Waals surface area contributed by atoms with E-state index in [9.17, 15) is 9.59 Å². The van der Waals surface area contributed by atoms with Gasteiger partial charge in [0.15, 0.2) is 0 Å². The van der Waals surface area contributed by atoms with Crippen LogP contribution >= 0.6 is 0 Å². The maximum atomic E-state index is 12.5. The minimum Gasteiger partial charge on any atom is -0.481 e. The molecule has 3 rings (SSSR count). The molecule has 0 radical (unpaired) electrons. The van der Waals surface area contributed by atoms with Crippen molar-refractivity contribution in [2.24, 2.45) is 11.8 Å². The molecule has 6 nitrogen and oxygen atoms in total. The molecule has 2 saturated heterocycles. The van der Waals surface area contributed by atoms with Crippen LogP contribution in [-0.4, -0.2) is 57.9 Å². The van der Waals surface area contributed by atoms with E-state index in [-0.39, 0.29) is 17.7 Å². The monoisotopic (exact) mass is 317 g/mol. The number of carbonyl (C=O) groups is 2. The van der Waals surface area contributed by atoms with Crippen LogP contribution in [0.15, 0.2) is 24.4 Å². The van der Waals surface area contributed by atoms with Gasteiger partial charge >= 0.3 is 5.97 Å². The van der Waals surface area contributed by atoms with Gasteiger partial charge in [-0.1, -0.05) is 6.07 Å². The predicted octanol–water partition coefficient (Wildman–Crippen LogP) is 1.23. The highest BCUT2D eigenvalue weighted by atomic mass is 16.4. The fourth-order valence-corrected chi connectivity index (χ4v) is 3.48. The van der Waals surface area contributed by atoms with E-state index < -0.39 is 5.97 Å². The van der Waals surface area contributed by atoms with E-state index in [2.05, 4.69) is 9.88 Å². The molecule has 6 heteroatoms. The average molecular weight is 317 g/mol. The summed E-state index contributed by atoms with van der Waals surface area (Å²) in [6, 6.07) is 5.92. The van der Waals surface area contributed by atoms with Gasteiger partial charge in [0, 0.05) is 31.7 Å². The first kappa shape index (κ1) is 15.9. The fraction of sp³-hybridized carbons (Fsp3) is 0.588. The average Bonchev–Trinajstić information content (AvgIpc) is 3.06. The first-order valence-electron chi connectivity index (χ1n) is 8.27. The molecule has 2 aliphatic rings. The van der Waals surface area contributed by atoms with Gasteiger partial charge in [-0.15, -0.1) is 0 Å². The quantitative estimate of drug-likeness (QED) is 0.904. The second-order valence-corrected chi connectivity index (χ2v) is 6.48. The highest BCUT2D eigenvalue weighted by Gasteiger charge is 2.35. The Bertz CT molecular complexity index is 555. The smallest absolute Gasteiger partial charge is 0.308 e. The molecule has 0 unspecified atom stereocenters. The molecule has 0 spiro atoms. The summed E-state index contributed by atoms with van der Waals surface area (Å²) in [6.07, 6.45) is 4.08. The summed E-state index contributed by atoms with van der Waals surface area (Å²) in [7, 11) is 0. The van der Waals surface area contributed by atoms with Crippen molar-refractivity contribution in [1.29, 1.82) is 0 Å². The fourth-order valence-electron chi connectivity index (χ4n) is 3.48. The number of piperidine rings is 1. The minimum atomic E-state index is -0.787. The van der Waals surface area contributed by atoms with Crippen molar-refractivity contribution >= 4 is 11.9 Å². The maximum Gasteiger partial charge on any atom is 0.308 e. The van der Waals surface area contributed by atoms with E-state index in [0.29, 0.717) is 19.5 Å². The number of hydrogen-bond donors (Lipinski definition) is 1.